The Morgan fingerprint density at radius 3 is 2.29 bits per heavy atom. The summed E-state index contributed by atoms with van der Waals surface area (Å²) in [5.74, 6) is 1.46. The molecule has 1 amide bonds. The first-order valence-corrected chi connectivity index (χ1v) is 9.58. The highest BCUT2D eigenvalue weighted by Crippen LogP contribution is 2.25. The van der Waals surface area contributed by atoms with E-state index in [0.717, 1.165) is 11.4 Å². The minimum absolute atomic E-state index is 0.0701. The van der Waals surface area contributed by atoms with E-state index in [1.807, 2.05) is 41.9 Å². The molecular formula is C21H27N5O2. The fraction of sp³-hybridized carbons (Fsp3) is 0.429. The lowest BCUT2D eigenvalue weighted by atomic mass is 10.1. The molecule has 0 saturated carbocycles. The summed E-state index contributed by atoms with van der Waals surface area (Å²) in [7, 11) is 0. The lowest BCUT2D eigenvalue weighted by Gasteiger charge is -2.17. The number of aromatic nitrogens is 4. The Kier molecular flexibility index (Phi) is 5.63. The van der Waals surface area contributed by atoms with Crippen molar-refractivity contribution >= 4 is 5.91 Å². The fourth-order valence-corrected chi connectivity index (χ4v) is 2.73. The van der Waals surface area contributed by atoms with E-state index in [0.29, 0.717) is 29.0 Å². The van der Waals surface area contributed by atoms with E-state index in [1.54, 1.807) is 6.92 Å². The van der Waals surface area contributed by atoms with Crippen molar-refractivity contribution in [2.45, 2.75) is 53.5 Å². The van der Waals surface area contributed by atoms with Gasteiger partial charge in [0.15, 0.2) is 0 Å². The summed E-state index contributed by atoms with van der Waals surface area (Å²) in [6.07, 6.45) is 0. The number of nitrogens with one attached hydrogen (secondary N) is 1. The van der Waals surface area contributed by atoms with Gasteiger partial charge in [0, 0.05) is 24.2 Å². The van der Waals surface area contributed by atoms with Gasteiger partial charge >= 0.3 is 0 Å². The van der Waals surface area contributed by atoms with Gasteiger partial charge in [-0.1, -0.05) is 27.7 Å². The third-order valence-corrected chi connectivity index (χ3v) is 4.81. The number of carbonyl (C=O) groups excluding carboxylic acids is 1. The topological polar surface area (TPSA) is 85.8 Å². The van der Waals surface area contributed by atoms with Crippen LogP contribution in [0.2, 0.25) is 0 Å². The first-order valence-electron chi connectivity index (χ1n) is 9.58. The summed E-state index contributed by atoms with van der Waals surface area (Å²) in [5, 5.41) is 15.6. The molecular weight excluding hydrogens is 354 g/mol. The quantitative estimate of drug-likeness (QED) is 0.694. The van der Waals surface area contributed by atoms with E-state index >= 15 is 0 Å². The zero-order valence-electron chi connectivity index (χ0n) is 17.2. The normalized spacial score (nSPS) is 12.6. The molecule has 0 aliphatic rings. The molecule has 1 N–H and O–H groups in total. The number of rotatable bonds is 6. The van der Waals surface area contributed by atoms with E-state index in [1.165, 1.54) is 0 Å². The van der Waals surface area contributed by atoms with Crippen molar-refractivity contribution in [3.8, 4) is 17.3 Å². The third kappa shape index (κ3) is 4.13. The monoisotopic (exact) mass is 381 g/mol. The van der Waals surface area contributed by atoms with Gasteiger partial charge in [0.1, 0.15) is 5.69 Å². The standard InChI is InChI=1S/C21H27N5O2/c1-12(2)14(5)22-20(27)16-7-9-17(10-8-16)26-19(13(3)4)11-18(25-26)21-24-23-15(6)28-21/h7-14H,1-6H3,(H,22,27). The van der Waals surface area contributed by atoms with Crippen LogP contribution in [0.5, 0.6) is 0 Å². The lowest BCUT2D eigenvalue weighted by molar-refractivity contribution is 0.0930. The molecule has 0 bridgehead atoms. The van der Waals surface area contributed by atoms with Crippen LogP contribution in [0.4, 0.5) is 0 Å². The molecule has 1 atom stereocenters. The molecule has 2 aromatic heterocycles. The fourth-order valence-electron chi connectivity index (χ4n) is 2.73. The highest BCUT2D eigenvalue weighted by Gasteiger charge is 2.18. The molecule has 0 radical (unpaired) electrons. The number of carbonyl (C=O) groups is 1. The highest BCUT2D eigenvalue weighted by molar-refractivity contribution is 5.94. The minimum Gasteiger partial charge on any atom is -0.420 e. The summed E-state index contributed by atoms with van der Waals surface area (Å²) in [6, 6.07) is 9.52. The molecule has 7 nitrogen and oxygen atoms in total. The van der Waals surface area contributed by atoms with Gasteiger partial charge in [-0.05, 0) is 49.1 Å². The van der Waals surface area contributed by atoms with Crippen molar-refractivity contribution < 1.29 is 9.21 Å². The predicted molar refractivity (Wildman–Crippen MR) is 107 cm³/mol. The second kappa shape index (κ2) is 7.96. The average Bonchev–Trinajstić information content (AvgIpc) is 3.28. The Hall–Kier alpha value is -2.96. The van der Waals surface area contributed by atoms with Crippen molar-refractivity contribution in [3.05, 3.63) is 47.5 Å². The molecule has 3 aromatic rings. The molecule has 0 aliphatic carbocycles. The summed E-state index contributed by atoms with van der Waals surface area (Å²) in [6.45, 7) is 12.1. The smallest absolute Gasteiger partial charge is 0.268 e. The van der Waals surface area contributed by atoms with E-state index in [-0.39, 0.29) is 17.9 Å². The van der Waals surface area contributed by atoms with Gasteiger partial charge in [-0.3, -0.25) is 4.79 Å². The molecule has 148 valence electrons. The van der Waals surface area contributed by atoms with Crippen LogP contribution in [0.1, 0.15) is 62.5 Å². The van der Waals surface area contributed by atoms with Gasteiger partial charge in [-0.2, -0.15) is 5.10 Å². The van der Waals surface area contributed by atoms with Crippen LogP contribution in [0.3, 0.4) is 0 Å². The molecule has 2 heterocycles. The number of hydrogen-bond donors (Lipinski definition) is 1. The van der Waals surface area contributed by atoms with Crippen molar-refractivity contribution in [1.29, 1.82) is 0 Å². The van der Waals surface area contributed by atoms with Gasteiger partial charge in [0.25, 0.3) is 11.8 Å². The van der Waals surface area contributed by atoms with Crippen LogP contribution in [0.25, 0.3) is 17.3 Å². The zero-order valence-corrected chi connectivity index (χ0v) is 17.2. The SMILES string of the molecule is Cc1nnc(-c2cc(C(C)C)n(-c3ccc(C(=O)NC(C)C(C)C)cc3)n2)o1. The number of amides is 1. The van der Waals surface area contributed by atoms with Gasteiger partial charge in [0.2, 0.25) is 5.89 Å². The van der Waals surface area contributed by atoms with Crippen LogP contribution in [0.15, 0.2) is 34.7 Å². The maximum Gasteiger partial charge on any atom is 0.268 e. The summed E-state index contributed by atoms with van der Waals surface area (Å²) < 4.78 is 7.37. The van der Waals surface area contributed by atoms with E-state index in [9.17, 15) is 4.79 Å². The van der Waals surface area contributed by atoms with E-state index < -0.39 is 0 Å². The molecule has 0 aliphatic heterocycles. The van der Waals surface area contributed by atoms with Crippen LogP contribution in [0, 0.1) is 12.8 Å². The van der Waals surface area contributed by atoms with Gasteiger partial charge in [0.05, 0.1) is 5.69 Å². The third-order valence-electron chi connectivity index (χ3n) is 4.81. The first-order chi connectivity index (χ1) is 13.3. The summed E-state index contributed by atoms with van der Waals surface area (Å²) >= 11 is 0. The molecule has 7 heteroatoms. The largest absolute Gasteiger partial charge is 0.420 e. The second-order valence-corrected chi connectivity index (χ2v) is 7.70. The molecule has 1 aromatic carbocycles. The van der Waals surface area contributed by atoms with Gasteiger partial charge < -0.3 is 9.73 Å². The number of benzene rings is 1. The number of aryl methyl sites for hydroxylation is 1. The Bertz CT molecular complexity index is 954. The Balaban J connectivity index is 1.89. The van der Waals surface area contributed by atoms with Crippen molar-refractivity contribution in [1.82, 2.24) is 25.3 Å². The molecule has 0 fully saturated rings. The maximum atomic E-state index is 12.4. The predicted octanol–water partition coefficient (Wildman–Crippen LogP) is 4.13. The van der Waals surface area contributed by atoms with Gasteiger partial charge in [-0.25, -0.2) is 4.68 Å². The van der Waals surface area contributed by atoms with Crippen LogP contribution < -0.4 is 5.32 Å². The van der Waals surface area contributed by atoms with E-state index in [4.69, 9.17) is 4.42 Å². The average molecular weight is 381 g/mol. The molecule has 3 rings (SSSR count). The van der Waals surface area contributed by atoms with Crippen LogP contribution >= 0.6 is 0 Å². The van der Waals surface area contributed by atoms with E-state index in [2.05, 4.69) is 48.3 Å². The minimum atomic E-state index is -0.0701. The molecule has 1 unspecified atom stereocenters. The molecule has 0 spiro atoms. The summed E-state index contributed by atoms with van der Waals surface area (Å²) in [4.78, 5) is 12.4. The lowest BCUT2D eigenvalue weighted by Crippen LogP contribution is -2.36. The maximum absolute atomic E-state index is 12.4. The second-order valence-electron chi connectivity index (χ2n) is 7.70. The van der Waals surface area contributed by atoms with Crippen LogP contribution in [-0.4, -0.2) is 31.9 Å². The summed E-state index contributed by atoms with van der Waals surface area (Å²) in [5.41, 5.74) is 3.16. The number of nitrogens with zero attached hydrogens (tertiary/aromatic N) is 4. The molecule has 0 saturated heterocycles. The first kappa shape index (κ1) is 19.8. The highest BCUT2D eigenvalue weighted by atomic mass is 16.4. The van der Waals surface area contributed by atoms with Gasteiger partial charge in [-0.15, -0.1) is 10.2 Å². The Morgan fingerprint density at radius 1 is 1.07 bits per heavy atom. The molecule has 28 heavy (non-hydrogen) atoms. The van der Waals surface area contributed by atoms with Crippen LogP contribution in [-0.2, 0) is 0 Å². The Labute approximate surface area is 165 Å². The van der Waals surface area contributed by atoms with Crippen molar-refractivity contribution in [3.63, 3.8) is 0 Å². The number of hydrogen-bond acceptors (Lipinski definition) is 5. The van der Waals surface area contributed by atoms with Crippen molar-refractivity contribution in [2.75, 3.05) is 0 Å². The van der Waals surface area contributed by atoms with Crippen molar-refractivity contribution in [2.24, 2.45) is 5.92 Å². The Morgan fingerprint density at radius 2 is 1.75 bits per heavy atom. The zero-order chi connectivity index (χ0) is 20.4.